The number of ketones is 1. The van der Waals surface area contributed by atoms with E-state index in [-0.39, 0.29) is 22.9 Å². The second kappa shape index (κ2) is 9.04. The van der Waals surface area contributed by atoms with Gasteiger partial charge in [-0.2, -0.15) is 13.2 Å². The number of nitrogens with one attached hydrogen (secondary N) is 1. The van der Waals surface area contributed by atoms with E-state index < -0.39 is 17.6 Å². The zero-order valence-electron chi connectivity index (χ0n) is 16.9. The molecule has 2 aromatic carbocycles. The Kier molecular flexibility index (Phi) is 5.99. The van der Waals surface area contributed by atoms with Crippen LogP contribution in [0.3, 0.4) is 0 Å². The molecule has 0 spiro atoms. The number of rotatable bonds is 6. The number of halogens is 3. The number of allylic oxidation sites excluding steroid dienone is 1. The standard InChI is InChI=1S/C25H16F3NO4/c26-25(27,28)18-6-1-5-17(14-18)22-12-10-20(33-22)9-11-21(30)16-4-2-7-19(15-16)29-24(31)23-8-3-13-32-23/h1-15H,(H,29,31)/b11-9+. The molecule has 8 heteroatoms. The summed E-state index contributed by atoms with van der Waals surface area (Å²) < 4.78 is 49.4. The maximum atomic E-state index is 12.9. The zero-order chi connectivity index (χ0) is 23.4. The molecule has 0 aliphatic heterocycles. The number of hydrogen-bond donors (Lipinski definition) is 1. The van der Waals surface area contributed by atoms with Crippen molar-refractivity contribution in [2.45, 2.75) is 6.18 Å². The molecule has 0 unspecified atom stereocenters. The molecule has 0 saturated heterocycles. The summed E-state index contributed by atoms with van der Waals surface area (Å²) in [4.78, 5) is 24.6. The van der Waals surface area contributed by atoms with Crippen LogP contribution in [0.15, 0.2) is 94.0 Å². The van der Waals surface area contributed by atoms with Gasteiger partial charge in [-0.1, -0.05) is 24.3 Å². The van der Waals surface area contributed by atoms with E-state index in [0.717, 1.165) is 12.1 Å². The molecule has 5 nitrogen and oxygen atoms in total. The molecule has 33 heavy (non-hydrogen) atoms. The van der Waals surface area contributed by atoms with E-state index in [1.54, 1.807) is 30.3 Å². The quantitative estimate of drug-likeness (QED) is 0.261. The van der Waals surface area contributed by atoms with E-state index in [2.05, 4.69) is 5.32 Å². The molecule has 0 saturated carbocycles. The summed E-state index contributed by atoms with van der Waals surface area (Å²) in [7, 11) is 0. The lowest BCUT2D eigenvalue weighted by Gasteiger charge is -2.07. The molecular formula is C25H16F3NO4. The zero-order valence-corrected chi connectivity index (χ0v) is 16.9. The first-order valence-electron chi connectivity index (χ1n) is 9.74. The van der Waals surface area contributed by atoms with E-state index in [0.29, 0.717) is 17.0 Å². The highest BCUT2D eigenvalue weighted by Crippen LogP contribution is 2.32. The SMILES string of the molecule is O=C(/C=C/c1ccc(-c2cccc(C(F)(F)F)c2)o1)c1cccc(NC(=O)c2ccco2)c1. The van der Waals surface area contributed by atoms with Crippen molar-refractivity contribution < 1.29 is 31.6 Å². The van der Waals surface area contributed by atoms with Gasteiger partial charge >= 0.3 is 6.18 Å². The van der Waals surface area contributed by atoms with Gasteiger partial charge in [0, 0.05) is 16.8 Å². The summed E-state index contributed by atoms with van der Waals surface area (Å²) in [6.07, 6.45) is -0.369. The molecule has 0 bridgehead atoms. The molecule has 0 radical (unpaired) electrons. The number of alkyl halides is 3. The van der Waals surface area contributed by atoms with Crippen molar-refractivity contribution in [3.05, 3.63) is 108 Å². The van der Waals surface area contributed by atoms with Crippen molar-refractivity contribution in [1.29, 1.82) is 0 Å². The van der Waals surface area contributed by atoms with Crippen molar-refractivity contribution in [3.63, 3.8) is 0 Å². The van der Waals surface area contributed by atoms with Crippen LogP contribution in [0, 0.1) is 0 Å². The van der Waals surface area contributed by atoms with Crippen LogP contribution in [0.2, 0.25) is 0 Å². The number of carbonyl (C=O) groups is 2. The van der Waals surface area contributed by atoms with Crippen LogP contribution in [0.1, 0.15) is 32.2 Å². The average molecular weight is 451 g/mol. The van der Waals surface area contributed by atoms with E-state index >= 15 is 0 Å². The van der Waals surface area contributed by atoms with Crippen molar-refractivity contribution in [2.24, 2.45) is 0 Å². The van der Waals surface area contributed by atoms with Crippen molar-refractivity contribution >= 4 is 23.5 Å². The number of benzene rings is 2. The number of anilines is 1. The van der Waals surface area contributed by atoms with Crippen LogP contribution in [-0.4, -0.2) is 11.7 Å². The smallest absolute Gasteiger partial charge is 0.416 e. The number of carbonyl (C=O) groups excluding carboxylic acids is 2. The summed E-state index contributed by atoms with van der Waals surface area (Å²) in [5.41, 5.74) is 0.243. The third-order valence-electron chi connectivity index (χ3n) is 4.65. The average Bonchev–Trinajstić information content (AvgIpc) is 3.50. The van der Waals surface area contributed by atoms with E-state index in [1.165, 1.54) is 48.7 Å². The minimum atomic E-state index is -4.45. The first kappa shape index (κ1) is 21.9. The fraction of sp³-hybridized carbons (Fsp3) is 0.0400. The van der Waals surface area contributed by atoms with Crippen LogP contribution >= 0.6 is 0 Å². The summed E-state index contributed by atoms with van der Waals surface area (Å²) in [5.74, 6) is -0.103. The highest BCUT2D eigenvalue weighted by Gasteiger charge is 2.30. The maximum absolute atomic E-state index is 12.9. The topological polar surface area (TPSA) is 72.5 Å². The Hall–Kier alpha value is -4.33. The monoisotopic (exact) mass is 451 g/mol. The van der Waals surface area contributed by atoms with Gasteiger partial charge in [-0.3, -0.25) is 9.59 Å². The lowest BCUT2D eigenvalue weighted by atomic mass is 10.1. The molecule has 2 aromatic heterocycles. The van der Waals surface area contributed by atoms with Crippen LogP contribution in [-0.2, 0) is 6.18 Å². The fourth-order valence-electron chi connectivity index (χ4n) is 3.05. The molecule has 166 valence electrons. The molecule has 0 fully saturated rings. The van der Waals surface area contributed by atoms with Gasteiger partial charge in [0.05, 0.1) is 11.8 Å². The molecule has 0 atom stereocenters. The molecule has 2 heterocycles. The minimum Gasteiger partial charge on any atom is -0.459 e. The Balaban J connectivity index is 1.46. The Morgan fingerprint density at radius 3 is 2.48 bits per heavy atom. The van der Waals surface area contributed by atoms with Gasteiger partial charge in [0.1, 0.15) is 11.5 Å². The lowest BCUT2D eigenvalue weighted by molar-refractivity contribution is -0.137. The van der Waals surface area contributed by atoms with Crippen LogP contribution in [0.5, 0.6) is 0 Å². The van der Waals surface area contributed by atoms with E-state index in [9.17, 15) is 22.8 Å². The van der Waals surface area contributed by atoms with Gasteiger partial charge in [-0.05, 0) is 60.7 Å². The molecule has 0 aliphatic rings. The molecule has 4 aromatic rings. The molecule has 0 aliphatic carbocycles. The predicted octanol–water partition coefficient (Wildman–Crippen LogP) is 6.71. The van der Waals surface area contributed by atoms with Gasteiger partial charge < -0.3 is 14.2 Å². The first-order chi connectivity index (χ1) is 15.8. The largest absolute Gasteiger partial charge is 0.459 e. The Labute approximate surface area is 186 Å². The second-order valence-corrected chi connectivity index (χ2v) is 6.99. The van der Waals surface area contributed by atoms with Crippen molar-refractivity contribution in [2.75, 3.05) is 5.32 Å². The van der Waals surface area contributed by atoms with Gasteiger partial charge in [0.15, 0.2) is 11.5 Å². The van der Waals surface area contributed by atoms with Gasteiger partial charge in [-0.25, -0.2) is 0 Å². The Morgan fingerprint density at radius 2 is 1.73 bits per heavy atom. The Morgan fingerprint density at radius 1 is 0.909 bits per heavy atom. The fourth-order valence-corrected chi connectivity index (χ4v) is 3.05. The van der Waals surface area contributed by atoms with Crippen LogP contribution in [0.25, 0.3) is 17.4 Å². The Bertz CT molecular complexity index is 1320. The van der Waals surface area contributed by atoms with Gasteiger partial charge in [-0.15, -0.1) is 0 Å². The number of amides is 1. The van der Waals surface area contributed by atoms with Crippen LogP contribution < -0.4 is 5.32 Å². The predicted molar refractivity (Wildman–Crippen MR) is 116 cm³/mol. The lowest BCUT2D eigenvalue weighted by Crippen LogP contribution is -2.11. The molecular weight excluding hydrogens is 435 g/mol. The molecule has 4 rings (SSSR count). The maximum Gasteiger partial charge on any atom is 0.416 e. The normalized spacial score (nSPS) is 11.6. The van der Waals surface area contributed by atoms with E-state index in [1.807, 2.05) is 0 Å². The van der Waals surface area contributed by atoms with E-state index in [4.69, 9.17) is 8.83 Å². The van der Waals surface area contributed by atoms with Crippen LogP contribution in [0.4, 0.5) is 18.9 Å². The summed E-state index contributed by atoms with van der Waals surface area (Å²) in [6.45, 7) is 0. The highest BCUT2D eigenvalue weighted by molar-refractivity contribution is 6.08. The minimum absolute atomic E-state index is 0.140. The molecule has 1 amide bonds. The van der Waals surface area contributed by atoms with Gasteiger partial charge in [0.2, 0.25) is 0 Å². The first-order valence-corrected chi connectivity index (χ1v) is 9.74. The van der Waals surface area contributed by atoms with Crippen molar-refractivity contribution in [1.82, 2.24) is 0 Å². The third-order valence-corrected chi connectivity index (χ3v) is 4.65. The third kappa shape index (κ3) is 5.30. The molecule has 1 N–H and O–H groups in total. The summed E-state index contributed by atoms with van der Waals surface area (Å²) >= 11 is 0. The highest BCUT2D eigenvalue weighted by atomic mass is 19.4. The van der Waals surface area contributed by atoms with Gasteiger partial charge in [0.25, 0.3) is 5.91 Å². The summed E-state index contributed by atoms with van der Waals surface area (Å²) in [6, 6.07) is 17.4. The van der Waals surface area contributed by atoms with Crippen molar-refractivity contribution in [3.8, 4) is 11.3 Å². The number of furan rings is 2. The number of hydrogen-bond acceptors (Lipinski definition) is 4. The summed E-state index contributed by atoms with van der Waals surface area (Å²) in [5, 5.41) is 2.64. The second-order valence-electron chi connectivity index (χ2n) is 6.99.